The molecule has 27 heavy (non-hydrogen) atoms. The number of hydrogen-bond acceptors (Lipinski definition) is 4. The highest BCUT2D eigenvalue weighted by molar-refractivity contribution is 7.10. The first-order valence-corrected chi connectivity index (χ1v) is 10.5. The van der Waals surface area contributed by atoms with E-state index in [0.29, 0.717) is 36.4 Å². The number of para-hydroxylation sites is 1. The summed E-state index contributed by atoms with van der Waals surface area (Å²) in [7, 11) is 0. The molecule has 1 aromatic heterocycles. The number of anilines is 1. The van der Waals surface area contributed by atoms with Crippen LogP contribution in [0.5, 0.6) is 0 Å². The second kappa shape index (κ2) is 7.82. The molecule has 4 rings (SSSR count). The molecule has 2 heterocycles. The van der Waals surface area contributed by atoms with Crippen LogP contribution < -0.4 is 10.2 Å². The van der Waals surface area contributed by atoms with Crippen molar-refractivity contribution in [3.05, 3.63) is 51.7 Å². The molecule has 2 aliphatic rings. The first kappa shape index (κ1) is 18.2. The summed E-state index contributed by atoms with van der Waals surface area (Å²) in [5.41, 5.74) is 2.38. The summed E-state index contributed by atoms with van der Waals surface area (Å²) in [4.78, 5) is 27.7. The van der Waals surface area contributed by atoms with E-state index in [4.69, 9.17) is 4.74 Å². The van der Waals surface area contributed by atoms with Gasteiger partial charge in [-0.25, -0.2) is 4.79 Å². The lowest BCUT2D eigenvalue weighted by atomic mass is 9.96. The van der Waals surface area contributed by atoms with Gasteiger partial charge in [-0.3, -0.25) is 4.79 Å². The second-order valence-electron chi connectivity index (χ2n) is 7.26. The fourth-order valence-corrected chi connectivity index (χ4v) is 5.01. The summed E-state index contributed by atoms with van der Waals surface area (Å²) in [6.07, 6.45) is 3.56. The molecule has 1 unspecified atom stereocenters. The molecule has 0 bridgehead atoms. The van der Waals surface area contributed by atoms with E-state index >= 15 is 0 Å². The Kier molecular flexibility index (Phi) is 5.27. The van der Waals surface area contributed by atoms with Crippen molar-refractivity contribution in [3.8, 4) is 0 Å². The number of carbonyl (C=O) groups excluding carboxylic acids is 2. The monoisotopic (exact) mass is 385 g/mol. The molecule has 5 nitrogen and oxygen atoms in total. The summed E-state index contributed by atoms with van der Waals surface area (Å²) in [6.45, 7) is 3.50. The third-order valence-electron chi connectivity index (χ3n) is 5.41. The molecule has 2 aromatic rings. The Labute approximate surface area is 163 Å². The van der Waals surface area contributed by atoms with E-state index in [0.717, 1.165) is 13.0 Å². The molecular weight excluding hydrogens is 360 g/mol. The van der Waals surface area contributed by atoms with E-state index in [1.165, 1.54) is 28.2 Å². The fourth-order valence-electron chi connectivity index (χ4n) is 4.08. The van der Waals surface area contributed by atoms with Crippen molar-refractivity contribution >= 4 is 28.9 Å². The Morgan fingerprint density at radius 3 is 2.85 bits per heavy atom. The summed E-state index contributed by atoms with van der Waals surface area (Å²) in [5.74, 6) is 0.247. The van der Waals surface area contributed by atoms with Crippen molar-refractivity contribution in [2.75, 3.05) is 25.0 Å². The van der Waals surface area contributed by atoms with Gasteiger partial charge in [0.15, 0.2) is 6.54 Å². The van der Waals surface area contributed by atoms with Crippen molar-refractivity contribution in [3.63, 3.8) is 0 Å². The highest BCUT2D eigenvalue weighted by atomic mass is 32.1. The van der Waals surface area contributed by atoms with Gasteiger partial charge in [-0.05, 0) is 43.3 Å². The predicted molar refractivity (Wildman–Crippen MR) is 105 cm³/mol. The zero-order valence-electron chi connectivity index (χ0n) is 15.5. The van der Waals surface area contributed by atoms with Crippen LogP contribution in [-0.2, 0) is 16.0 Å². The largest absolute Gasteiger partial charge is 0.462 e. The Morgan fingerprint density at radius 2 is 2.07 bits per heavy atom. The van der Waals surface area contributed by atoms with Crippen LogP contribution in [0.3, 0.4) is 0 Å². The van der Waals surface area contributed by atoms with Gasteiger partial charge in [-0.2, -0.15) is 0 Å². The third-order valence-corrected chi connectivity index (χ3v) is 6.40. The number of esters is 1. The molecule has 0 saturated heterocycles. The van der Waals surface area contributed by atoms with Gasteiger partial charge < -0.3 is 15.0 Å². The highest BCUT2D eigenvalue weighted by Crippen LogP contribution is 2.42. The Bertz CT molecular complexity index is 843. The Morgan fingerprint density at radius 1 is 1.26 bits per heavy atom. The molecule has 6 heteroatoms. The van der Waals surface area contributed by atoms with Crippen molar-refractivity contribution in [2.24, 2.45) is 5.92 Å². The molecule has 0 spiro atoms. The first-order chi connectivity index (χ1) is 13.2. The molecule has 1 aromatic carbocycles. The average Bonchev–Trinajstić information content (AvgIpc) is 3.38. The van der Waals surface area contributed by atoms with Gasteiger partial charge in [0.1, 0.15) is 6.04 Å². The quantitative estimate of drug-likeness (QED) is 0.751. The third kappa shape index (κ3) is 3.92. The lowest BCUT2D eigenvalue weighted by Gasteiger charge is -2.32. The number of quaternary nitrogens is 1. The predicted octanol–water partition coefficient (Wildman–Crippen LogP) is 2.46. The van der Waals surface area contributed by atoms with Gasteiger partial charge >= 0.3 is 5.97 Å². The van der Waals surface area contributed by atoms with Gasteiger partial charge in [-0.15, -0.1) is 11.3 Å². The summed E-state index contributed by atoms with van der Waals surface area (Å²) in [5, 5.41) is 5.12. The van der Waals surface area contributed by atoms with Crippen LogP contribution in [0.2, 0.25) is 0 Å². The molecule has 1 aliphatic heterocycles. The molecule has 0 radical (unpaired) electrons. The number of hydrogen-bond donors (Lipinski definition) is 2. The minimum absolute atomic E-state index is 0.0499. The first-order valence-electron chi connectivity index (χ1n) is 9.64. The molecule has 1 amide bonds. The van der Waals surface area contributed by atoms with E-state index in [9.17, 15) is 9.59 Å². The van der Waals surface area contributed by atoms with E-state index in [1.54, 1.807) is 25.1 Å². The number of ether oxygens (including phenoxy) is 1. The van der Waals surface area contributed by atoms with Crippen molar-refractivity contribution in [1.82, 2.24) is 0 Å². The number of amides is 1. The molecular formula is C21H25N2O3S+. The highest BCUT2D eigenvalue weighted by Gasteiger charge is 2.43. The fraction of sp³-hybridized carbons (Fsp3) is 0.429. The second-order valence-corrected chi connectivity index (χ2v) is 8.26. The molecule has 142 valence electrons. The standard InChI is InChI=1S/C21H24N2O3S/c1-2-26-21(25)15-5-3-4-6-17(15)22-19(24)13-23-11-9-18-16(10-12-27-18)20(23)14-7-8-14/h3-6,10,12,14,20H,2,7-9,11,13H2,1H3,(H,22,24)/p+1/t20-/m0/s1. The van der Waals surface area contributed by atoms with E-state index in [1.807, 2.05) is 17.4 Å². The van der Waals surface area contributed by atoms with Crippen LogP contribution in [0.25, 0.3) is 0 Å². The van der Waals surface area contributed by atoms with Crippen LogP contribution >= 0.6 is 11.3 Å². The molecule has 1 aliphatic carbocycles. The molecule has 1 saturated carbocycles. The van der Waals surface area contributed by atoms with E-state index in [-0.39, 0.29) is 5.91 Å². The minimum Gasteiger partial charge on any atom is -0.462 e. The zero-order valence-corrected chi connectivity index (χ0v) is 16.3. The summed E-state index contributed by atoms with van der Waals surface area (Å²) < 4.78 is 5.09. The van der Waals surface area contributed by atoms with Crippen LogP contribution in [0.1, 0.15) is 46.6 Å². The molecule has 2 N–H and O–H groups in total. The lowest BCUT2D eigenvalue weighted by molar-refractivity contribution is -0.928. The number of fused-ring (bicyclic) bond motifs is 1. The van der Waals surface area contributed by atoms with Crippen LogP contribution in [0.4, 0.5) is 5.69 Å². The topological polar surface area (TPSA) is 59.8 Å². The van der Waals surface area contributed by atoms with Crippen molar-refractivity contribution in [2.45, 2.75) is 32.2 Å². The maximum atomic E-state index is 12.8. The zero-order chi connectivity index (χ0) is 18.8. The molecule has 2 atom stereocenters. The van der Waals surface area contributed by atoms with Crippen LogP contribution in [-0.4, -0.2) is 31.6 Å². The average molecular weight is 386 g/mol. The summed E-state index contributed by atoms with van der Waals surface area (Å²) >= 11 is 1.84. The molecule has 1 fully saturated rings. The van der Waals surface area contributed by atoms with Gasteiger partial charge in [0.25, 0.3) is 5.91 Å². The van der Waals surface area contributed by atoms with Gasteiger partial charge in [-0.1, -0.05) is 12.1 Å². The number of carbonyl (C=O) groups is 2. The summed E-state index contributed by atoms with van der Waals surface area (Å²) in [6, 6.07) is 9.72. The van der Waals surface area contributed by atoms with Gasteiger partial charge in [0, 0.05) is 22.8 Å². The number of thiophene rings is 1. The van der Waals surface area contributed by atoms with Crippen LogP contribution in [0, 0.1) is 5.92 Å². The lowest BCUT2D eigenvalue weighted by Crippen LogP contribution is -3.14. The SMILES string of the molecule is CCOC(=O)c1ccccc1NC(=O)C[NH+]1CCc2sccc2[C@@H]1C1CC1. The Balaban J connectivity index is 1.47. The number of nitrogens with one attached hydrogen (secondary N) is 2. The maximum Gasteiger partial charge on any atom is 0.340 e. The van der Waals surface area contributed by atoms with Gasteiger partial charge in [0.05, 0.1) is 24.4 Å². The van der Waals surface area contributed by atoms with Crippen molar-refractivity contribution in [1.29, 1.82) is 0 Å². The van der Waals surface area contributed by atoms with Crippen molar-refractivity contribution < 1.29 is 19.2 Å². The van der Waals surface area contributed by atoms with Crippen LogP contribution in [0.15, 0.2) is 35.7 Å². The van der Waals surface area contributed by atoms with Gasteiger partial charge in [0.2, 0.25) is 0 Å². The number of benzene rings is 1. The van der Waals surface area contributed by atoms with E-state index < -0.39 is 5.97 Å². The van der Waals surface area contributed by atoms with E-state index in [2.05, 4.69) is 16.8 Å². The maximum absolute atomic E-state index is 12.8. The minimum atomic E-state index is -0.405. The normalized spacial score (nSPS) is 21.4. The Hall–Kier alpha value is -2.18. The number of rotatable bonds is 6. The smallest absolute Gasteiger partial charge is 0.340 e.